The fourth-order valence-corrected chi connectivity index (χ4v) is 2.31. The number of piperidine rings is 1. The molecule has 1 atom stereocenters. The molecule has 0 saturated carbocycles. The standard InChI is InChI=1S/C13H20N2O2.ClH/c1-13(2)6-4-7-14-11(13)9-15-12(16)10-5-3-8-17-10;/h3,5,8,11,14H,4,6-7,9H2,1-2H3,(H,15,16);1H. The van der Waals surface area contributed by atoms with E-state index in [9.17, 15) is 4.79 Å². The van der Waals surface area contributed by atoms with Crippen LogP contribution in [0.5, 0.6) is 0 Å². The minimum absolute atomic E-state index is 0. The van der Waals surface area contributed by atoms with Crippen LogP contribution in [0.2, 0.25) is 0 Å². The van der Waals surface area contributed by atoms with E-state index in [1.807, 2.05) is 0 Å². The van der Waals surface area contributed by atoms with Gasteiger partial charge in [-0.1, -0.05) is 13.8 Å². The monoisotopic (exact) mass is 272 g/mol. The van der Waals surface area contributed by atoms with Gasteiger partial charge in [0.1, 0.15) is 0 Å². The number of carbonyl (C=O) groups is 1. The number of furan rings is 1. The molecule has 102 valence electrons. The molecule has 0 spiro atoms. The summed E-state index contributed by atoms with van der Waals surface area (Å²) in [5.74, 6) is 0.233. The SMILES string of the molecule is CC1(C)CCCNC1CNC(=O)c1ccco1.Cl. The molecular weight excluding hydrogens is 252 g/mol. The van der Waals surface area contributed by atoms with Crippen LogP contribution in [0.1, 0.15) is 37.2 Å². The molecular formula is C13H21ClN2O2. The number of rotatable bonds is 3. The summed E-state index contributed by atoms with van der Waals surface area (Å²) in [5.41, 5.74) is 0.231. The van der Waals surface area contributed by atoms with Gasteiger partial charge in [0.05, 0.1) is 6.26 Å². The summed E-state index contributed by atoms with van der Waals surface area (Å²) in [4.78, 5) is 11.7. The Bertz CT molecular complexity index is 376. The molecule has 18 heavy (non-hydrogen) atoms. The zero-order valence-electron chi connectivity index (χ0n) is 10.9. The summed E-state index contributed by atoms with van der Waals surface area (Å²) in [5, 5.41) is 6.38. The summed E-state index contributed by atoms with van der Waals surface area (Å²) in [7, 11) is 0. The highest BCUT2D eigenvalue weighted by molar-refractivity contribution is 5.91. The Labute approximate surface area is 114 Å². The molecule has 1 saturated heterocycles. The van der Waals surface area contributed by atoms with Gasteiger partial charge in [0.25, 0.3) is 5.91 Å². The molecule has 0 bridgehead atoms. The van der Waals surface area contributed by atoms with Crippen LogP contribution >= 0.6 is 12.4 Å². The number of nitrogens with one attached hydrogen (secondary N) is 2. The summed E-state index contributed by atoms with van der Waals surface area (Å²) in [6, 6.07) is 3.72. The number of carbonyl (C=O) groups excluding carboxylic acids is 1. The van der Waals surface area contributed by atoms with E-state index in [0.29, 0.717) is 18.3 Å². The van der Waals surface area contributed by atoms with Crippen molar-refractivity contribution in [2.75, 3.05) is 13.1 Å². The van der Waals surface area contributed by atoms with Crippen LogP contribution in [-0.4, -0.2) is 25.0 Å². The molecule has 0 aliphatic carbocycles. The maximum Gasteiger partial charge on any atom is 0.287 e. The second-order valence-corrected chi connectivity index (χ2v) is 5.29. The zero-order valence-corrected chi connectivity index (χ0v) is 11.7. The van der Waals surface area contributed by atoms with Gasteiger partial charge in [-0.15, -0.1) is 12.4 Å². The van der Waals surface area contributed by atoms with E-state index in [1.54, 1.807) is 12.1 Å². The maximum absolute atomic E-state index is 11.7. The summed E-state index contributed by atoms with van der Waals surface area (Å²) in [6.07, 6.45) is 3.91. The van der Waals surface area contributed by atoms with Crippen molar-refractivity contribution in [3.8, 4) is 0 Å². The summed E-state index contributed by atoms with van der Waals surface area (Å²) in [6.45, 7) is 6.16. The number of halogens is 1. The minimum Gasteiger partial charge on any atom is -0.459 e. The van der Waals surface area contributed by atoms with Gasteiger partial charge in [0, 0.05) is 12.6 Å². The van der Waals surface area contributed by atoms with Crippen LogP contribution in [0.25, 0.3) is 0 Å². The topological polar surface area (TPSA) is 54.3 Å². The Hall–Kier alpha value is -1.00. The van der Waals surface area contributed by atoms with E-state index in [0.717, 1.165) is 6.54 Å². The molecule has 4 nitrogen and oxygen atoms in total. The van der Waals surface area contributed by atoms with Crippen molar-refractivity contribution in [1.29, 1.82) is 0 Å². The predicted octanol–water partition coefficient (Wildman–Crippen LogP) is 2.21. The highest BCUT2D eigenvalue weighted by Crippen LogP contribution is 2.29. The number of amides is 1. The Morgan fingerprint density at radius 3 is 3.00 bits per heavy atom. The first kappa shape index (κ1) is 15.1. The lowest BCUT2D eigenvalue weighted by Gasteiger charge is -2.39. The van der Waals surface area contributed by atoms with Crippen molar-refractivity contribution in [2.45, 2.75) is 32.7 Å². The molecule has 1 fully saturated rings. The molecule has 2 N–H and O–H groups in total. The number of hydrogen-bond donors (Lipinski definition) is 2. The molecule has 0 radical (unpaired) electrons. The Balaban J connectivity index is 0.00000162. The molecule has 1 aliphatic heterocycles. The van der Waals surface area contributed by atoms with E-state index in [4.69, 9.17) is 4.42 Å². The normalized spacial score (nSPS) is 22.0. The lowest BCUT2D eigenvalue weighted by atomic mass is 9.77. The third kappa shape index (κ3) is 3.50. The first-order chi connectivity index (χ1) is 8.09. The molecule has 1 aromatic heterocycles. The van der Waals surface area contributed by atoms with Gasteiger partial charge in [-0.3, -0.25) is 4.79 Å². The largest absolute Gasteiger partial charge is 0.459 e. The fraction of sp³-hybridized carbons (Fsp3) is 0.615. The fourth-order valence-electron chi connectivity index (χ4n) is 2.31. The average molecular weight is 273 g/mol. The molecule has 1 aliphatic rings. The highest BCUT2D eigenvalue weighted by Gasteiger charge is 2.32. The smallest absolute Gasteiger partial charge is 0.287 e. The van der Waals surface area contributed by atoms with Gasteiger partial charge in [0.15, 0.2) is 5.76 Å². The molecule has 2 heterocycles. The third-order valence-electron chi connectivity index (χ3n) is 3.54. The van der Waals surface area contributed by atoms with Crippen LogP contribution in [-0.2, 0) is 0 Å². The molecule has 5 heteroatoms. The van der Waals surface area contributed by atoms with E-state index in [2.05, 4.69) is 24.5 Å². The predicted molar refractivity (Wildman–Crippen MR) is 73.1 cm³/mol. The van der Waals surface area contributed by atoms with Crippen molar-refractivity contribution in [1.82, 2.24) is 10.6 Å². The van der Waals surface area contributed by atoms with E-state index in [-0.39, 0.29) is 23.7 Å². The molecule has 1 aromatic rings. The number of hydrogen-bond acceptors (Lipinski definition) is 3. The first-order valence-electron chi connectivity index (χ1n) is 6.15. The summed E-state index contributed by atoms with van der Waals surface area (Å²) >= 11 is 0. The Morgan fingerprint density at radius 2 is 2.39 bits per heavy atom. The Kier molecular flexibility index (Phi) is 5.23. The first-order valence-corrected chi connectivity index (χ1v) is 6.15. The van der Waals surface area contributed by atoms with Crippen molar-refractivity contribution < 1.29 is 9.21 Å². The zero-order chi connectivity index (χ0) is 12.3. The van der Waals surface area contributed by atoms with Crippen LogP contribution in [0.4, 0.5) is 0 Å². The van der Waals surface area contributed by atoms with Gasteiger partial charge < -0.3 is 15.1 Å². The lowest BCUT2D eigenvalue weighted by Crippen LogP contribution is -2.52. The van der Waals surface area contributed by atoms with Crippen molar-refractivity contribution in [3.63, 3.8) is 0 Å². The van der Waals surface area contributed by atoms with Gasteiger partial charge in [-0.25, -0.2) is 0 Å². The molecule has 0 aromatic carbocycles. The minimum atomic E-state index is -0.141. The van der Waals surface area contributed by atoms with Crippen molar-refractivity contribution >= 4 is 18.3 Å². The van der Waals surface area contributed by atoms with Gasteiger partial charge in [-0.05, 0) is 36.9 Å². The van der Waals surface area contributed by atoms with Crippen LogP contribution < -0.4 is 10.6 Å². The molecule has 1 unspecified atom stereocenters. The van der Waals surface area contributed by atoms with E-state index < -0.39 is 0 Å². The van der Waals surface area contributed by atoms with Crippen LogP contribution in [0.15, 0.2) is 22.8 Å². The van der Waals surface area contributed by atoms with Crippen molar-refractivity contribution in [3.05, 3.63) is 24.2 Å². The maximum atomic E-state index is 11.7. The van der Waals surface area contributed by atoms with Gasteiger partial charge >= 0.3 is 0 Å². The van der Waals surface area contributed by atoms with Crippen LogP contribution in [0.3, 0.4) is 0 Å². The molecule has 1 amide bonds. The molecule has 2 rings (SSSR count). The summed E-state index contributed by atoms with van der Waals surface area (Å²) < 4.78 is 5.05. The second-order valence-electron chi connectivity index (χ2n) is 5.29. The van der Waals surface area contributed by atoms with E-state index >= 15 is 0 Å². The Morgan fingerprint density at radius 1 is 1.61 bits per heavy atom. The average Bonchev–Trinajstić information content (AvgIpc) is 2.80. The lowest BCUT2D eigenvalue weighted by molar-refractivity contribution is 0.0901. The third-order valence-corrected chi connectivity index (χ3v) is 3.54. The van der Waals surface area contributed by atoms with Crippen molar-refractivity contribution in [2.24, 2.45) is 5.41 Å². The second kappa shape index (κ2) is 6.25. The van der Waals surface area contributed by atoms with Crippen LogP contribution in [0, 0.1) is 5.41 Å². The van der Waals surface area contributed by atoms with Gasteiger partial charge in [-0.2, -0.15) is 0 Å². The quantitative estimate of drug-likeness (QED) is 0.887. The van der Waals surface area contributed by atoms with Gasteiger partial charge in [0.2, 0.25) is 0 Å². The highest BCUT2D eigenvalue weighted by atomic mass is 35.5. The van der Waals surface area contributed by atoms with E-state index in [1.165, 1.54) is 19.1 Å².